The SMILES string of the molecule is CC(NC(=O)COC(=O)c1ccccc1SCC(N)=O)c1ccc(Br)cc1. The van der Waals surface area contributed by atoms with E-state index in [4.69, 9.17) is 10.5 Å². The predicted octanol–water partition coefficient (Wildman–Crippen LogP) is 3.06. The van der Waals surface area contributed by atoms with Crippen molar-refractivity contribution >= 4 is 45.5 Å². The van der Waals surface area contributed by atoms with Crippen LogP contribution in [0, 0.1) is 0 Å². The first-order chi connectivity index (χ1) is 12.9. The molecule has 0 bridgehead atoms. The molecule has 0 aliphatic carbocycles. The molecule has 0 saturated heterocycles. The van der Waals surface area contributed by atoms with Gasteiger partial charge in [0.05, 0.1) is 17.4 Å². The number of halogens is 1. The molecule has 6 nitrogen and oxygen atoms in total. The number of carbonyl (C=O) groups is 3. The summed E-state index contributed by atoms with van der Waals surface area (Å²) in [5.74, 6) is -1.46. The summed E-state index contributed by atoms with van der Waals surface area (Å²) in [6.07, 6.45) is 0. The molecule has 0 fully saturated rings. The summed E-state index contributed by atoms with van der Waals surface area (Å²) >= 11 is 4.51. The lowest BCUT2D eigenvalue weighted by atomic mass is 10.1. The molecule has 3 N–H and O–H groups in total. The summed E-state index contributed by atoms with van der Waals surface area (Å²) in [7, 11) is 0. The predicted molar refractivity (Wildman–Crippen MR) is 107 cm³/mol. The van der Waals surface area contributed by atoms with Gasteiger partial charge < -0.3 is 15.8 Å². The Bertz CT molecular complexity index is 827. The molecule has 0 saturated carbocycles. The number of nitrogens with one attached hydrogen (secondary N) is 1. The van der Waals surface area contributed by atoms with Crippen LogP contribution in [0.5, 0.6) is 0 Å². The second kappa shape index (κ2) is 10.1. The third-order valence-electron chi connectivity index (χ3n) is 3.56. The maximum Gasteiger partial charge on any atom is 0.339 e. The van der Waals surface area contributed by atoms with Crippen molar-refractivity contribution in [2.24, 2.45) is 5.73 Å². The summed E-state index contributed by atoms with van der Waals surface area (Å²) in [5.41, 5.74) is 6.36. The number of hydrogen-bond acceptors (Lipinski definition) is 5. The van der Waals surface area contributed by atoms with E-state index in [2.05, 4.69) is 21.2 Å². The maximum atomic E-state index is 12.3. The van der Waals surface area contributed by atoms with Crippen molar-refractivity contribution in [1.82, 2.24) is 5.32 Å². The van der Waals surface area contributed by atoms with Gasteiger partial charge in [-0.05, 0) is 36.8 Å². The lowest BCUT2D eigenvalue weighted by Gasteiger charge is -2.15. The van der Waals surface area contributed by atoms with Crippen LogP contribution in [-0.2, 0) is 14.3 Å². The zero-order valence-corrected chi connectivity index (χ0v) is 17.0. The third-order valence-corrected chi connectivity index (χ3v) is 5.18. The van der Waals surface area contributed by atoms with Gasteiger partial charge >= 0.3 is 5.97 Å². The lowest BCUT2D eigenvalue weighted by Crippen LogP contribution is -2.31. The van der Waals surface area contributed by atoms with Gasteiger partial charge in [0.2, 0.25) is 5.91 Å². The Labute approximate surface area is 170 Å². The van der Waals surface area contributed by atoms with E-state index in [1.54, 1.807) is 24.3 Å². The fourth-order valence-electron chi connectivity index (χ4n) is 2.24. The standard InChI is InChI=1S/C19H19BrN2O4S/c1-12(13-6-8-14(20)9-7-13)22-18(24)10-26-19(25)15-4-2-3-5-16(15)27-11-17(21)23/h2-9,12H,10-11H2,1H3,(H2,21,23)(H,22,24). The zero-order valence-electron chi connectivity index (χ0n) is 14.6. The minimum Gasteiger partial charge on any atom is -0.452 e. The summed E-state index contributed by atoms with van der Waals surface area (Å²) in [6.45, 7) is 1.45. The van der Waals surface area contributed by atoms with Gasteiger partial charge in [0.25, 0.3) is 5.91 Å². The molecule has 8 heteroatoms. The van der Waals surface area contributed by atoms with Crippen LogP contribution in [0.25, 0.3) is 0 Å². The second-order valence-electron chi connectivity index (χ2n) is 5.67. The molecule has 0 aliphatic heterocycles. The Morgan fingerprint density at radius 3 is 2.48 bits per heavy atom. The molecule has 2 aromatic carbocycles. The quantitative estimate of drug-likeness (QED) is 0.475. The number of hydrogen-bond donors (Lipinski definition) is 2. The molecule has 0 spiro atoms. The molecule has 1 atom stereocenters. The number of carbonyl (C=O) groups excluding carboxylic acids is 3. The van der Waals surface area contributed by atoms with Gasteiger partial charge in [-0.25, -0.2) is 4.79 Å². The first-order valence-corrected chi connectivity index (χ1v) is 9.86. The topological polar surface area (TPSA) is 98.5 Å². The van der Waals surface area contributed by atoms with E-state index < -0.39 is 24.4 Å². The summed E-state index contributed by atoms with van der Waals surface area (Å²) in [4.78, 5) is 35.8. The van der Waals surface area contributed by atoms with Crippen molar-refractivity contribution in [3.05, 3.63) is 64.1 Å². The van der Waals surface area contributed by atoms with Crippen molar-refractivity contribution in [2.75, 3.05) is 12.4 Å². The van der Waals surface area contributed by atoms with Crippen molar-refractivity contribution in [3.63, 3.8) is 0 Å². The summed E-state index contributed by atoms with van der Waals surface area (Å²) in [6, 6.07) is 14.0. The number of nitrogens with two attached hydrogens (primary N) is 1. The van der Waals surface area contributed by atoms with E-state index in [-0.39, 0.29) is 17.4 Å². The minimum atomic E-state index is -0.631. The molecular weight excluding hydrogens is 432 g/mol. The summed E-state index contributed by atoms with van der Waals surface area (Å²) in [5, 5.41) is 2.78. The van der Waals surface area contributed by atoms with E-state index in [0.29, 0.717) is 4.90 Å². The van der Waals surface area contributed by atoms with Crippen LogP contribution in [0.2, 0.25) is 0 Å². The molecule has 2 amide bonds. The fraction of sp³-hybridized carbons (Fsp3) is 0.211. The van der Waals surface area contributed by atoms with Crippen molar-refractivity contribution < 1.29 is 19.1 Å². The number of benzene rings is 2. The minimum absolute atomic E-state index is 0.0511. The largest absolute Gasteiger partial charge is 0.452 e. The van der Waals surface area contributed by atoms with Crippen LogP contribution in [-0.4, -0.2) is 30.1 Å². The third kappa shape index (κ3) is 6.73. The maximum absolute atomic E-state index is 12.3. The number of ether oxygens (including phenoxy) is 1. The molecular formula is C19H19BrN2O4S. The highest BCUT2D eigenvalue weighted by molar-refractivity contribution is 9.10. The van der Waals surface area contributed by atoms with Gasteiger partial charge in [0.15, 0.2) is 6.61 Å². The van der Waals surface area contributed by atoms with Crippen molar-refractivity contribution in [1.29, 1.82) is 0 Å². The van der Waals surface area contributed by atoms with Gasteiger partial charge in [-0.3, -0.25) is 9.59 Å². The van der Waals surface area contributed by atoms with Crippen LogP contribution in [0.1, 0.15) is 28.9 Å². The first-order valence-electron chi connectivity index (χ1n) is 8.09. The number of thioether (sulfide) groups is 1. The second-order valence-corrected chi connectivity index (χ2v) is 7.60. The Hall–Kier alpha value is -2.32. The van der Waals surface area contributed by atoms with Crippen LogP contribution in [0.15, 0.2) is 57.9 Å². The van der Waals surface area contributed by atoms with Gasteiger partial charge in [0.1, 0.15) is 0 Å². The Kier molecular flexibility index (Phi) is 7.87. The van der Waals surface area contributed by atoms with E-state index in [1.807, 2.05) is 31.2 Å². The average molecular weight is 451 g/mol. The number of amides is 2. The van der Waals surface area contributed by atoms with E-state index in [1.165, 1.54) is 0 Å². The van der Waals surface area contributed by atoms with E-state index >= 15 is 0 Å². The molecule has 2 aromatic rings. The zero-order chi connectivity index (χ0) is 19.8. The molecule has 142 valence electrons. The van der Waals surface area contributed by atoms with Crippen LogP contribution in [0.3, 0.4) is 0 Å². The molecule has 0 aromatic heterocycles. The Balaban J connectivity index is 1.90. The molecule has 27 heavy (non-hydrogen) atoms. The van der Waals surface area contributed by atoms with Crippen LogP contribution < -0.4 is 11.1 Å². The molecule has 1 unspecified atom stereocenters. The molecule has 0 aliphatic rings. The Morgan fingerprint density at radius 2 is 1.81 bits per heavy atom. The van der Waals surface area contributed by atoms with Gasteiger partial charge in [-0.15, -0.1) is 11.8 Å². The highest BCUT2D eigenvalue weighted by Gasteiger charge is 2.16. The van der Waals surface area contributed by atoms with Crippen LogP contribution >= 0.6 is 27.7 Å². The van der Waals surface area contributed by atoms with Crippen LogP contribution in [0.4, 0.5) is 0 Å². The lowest BCUT2D eigenvalue weighted by molar-refractivity contribution is -0.124. The van der Waals surface area contributed by atoms with E-state index in [9.17, 15) is 14.4 Å². The van der Waals surface area contributed by atoms with Gasteiger partial charge in [-0.2, -0.15) is 0 Å². The molecule has 0 radical (unpaired) electrons. The van der Waals surface area contributed by atoms with Gasteiger partial charge in [-0.1, -0.05) is 40.2 Å². The highest BCUT2D eigenvalue weighted by atomic mass is 79.9. The Morgan fingerprint density at radius 1 is 1.15 bits per heavy atom. The van der Waals surface area contributed by atoms with E-state index in [0.717, 1.165) is 21.8 Å². The molecule has 0 heterocycles. The fourth-order valence-corrected chi connectivity index (χ4v) is 3.28. The first kappa shape index (κ1) is 21.0. The monoisotopic (exact) mass is 450 g/mol. The normalized spacial score (nSPS) is 11.5. The van der Waals surface area contributed by atoms with Crippen molar-refractivity contribution in [2.45, 2.75) is 17.9 Å². The number of rotatable bonds is 8. The van der Waals surface area contributed by atoms with Crippen molar-refractivity contribution in [3.8, 4) is 0 Å². The highest BCUT2D eigenvalue weighted by Crippen LogP contribution is 2.23. The summed E-state index contributed by atoms with van der Waals surface area (Å²) < 4.78 is 6.06. The number of primary amides is 1. The molecule has 2 rings (SSSR count). The number of esters is 1. The van der Waals surface area contributed by atoms with Gasteiger partial charge in [0, 0.05) is 9.37 Å². The smallest absolute Gasteiger partial charge is 0.339 e. The average Bonchev–Trinajstić information content (AvgIpc) is 2.65.